The molecule has 0 radical (unpaired) electrons. The van der Waals surface area contributed by atoms with Crippen LogP contribution in [-0.2, 0) is 4.74 Å². The molecule has 42 heavy (non-hydrogen) atoms. The van der Waals surface area contributed by atoms with Crippen LogP contribution >= 0.6 is 34.4 Å². The fourth-order valence-electron chi connectivity index (χ4n) is 5.67. The van der Waals surface area contributed by atoms with Crippen molar-refractivity contribution in [1.29, 1.82) is 0 Å². The molecule has 2 aliphatic rings. The second-order valence-corrected chi connectivity index (χ2v) is 13.2. The van der Waals surface area contributed by atoms with Crippen molar-refractivity contribution in [3.8, 4) is 17.1 Å². The highest BCUT2D eigenvalue weighted by molar-refractivity contribution is 14.1. The van der Waals surface area contributed by atoms with E-state index in [1.165, 1.54) is 18.7 Å². The Bertz CT molecular complexity index is 1580. The second kappa shape index (κ2) is 11.1. The average molecular weight is 717 g/mol. The monoisotopic (exact) mass is 716 g/mol. The summed E-state index contributed by atoms with van der Waals surface area (Å²) >= 11 is 2.99. The largest absolute Gasteiger partial charge is 0.472 e. The lowest BCUT2D eigenvalue weighted by atomic mass is 9.94. The van der Waals surface area contributed by atoms with Crippen molar-refractivity contribution in [3.05, 3.63) is 26.6 Å². The lowest BCUT2D eigenvalue weighted by Gasteiger charge is -2.48. The summed E-state index contributed by atoms with van der Waals surface area (Å²) in [5.74, 6) is -2.49. The van der Waals surface area contributed by atoms with Crippen molar-refractivity contribution in [2.75, 3.05) is 30.0 Å². The predicted octanol–water partition coefficient (Wildman–Crippen LogP) is 6.31. The fourth-order valence-corrected chi connectivity index (χ4v) is 6.75. The molecule has 3 aromatic rings. The van der Waals surface area contributed by atoms with Crippen molar-refractivity contribution in [1.82, 2.24) is 19.9 Å². The Balaban J connectivity index is 1.73. The first kappa shape index (κ1) is 30.7. The van der Waals surface area contributed by atoms with Crippen LogP contribution in [0, 0.1) is 27.9 Å². The highest BCUT2D eigenvalue weighted by atomic mass is 127. The number of fused-ring (bicyclic) bond motifs is 2. The summed E-state index contributed by atoms with van der Waals surface area (Å²) in [4.78, 5) is 30.6. The number of pyridine rings is 1. The van der Waals surface area contributed by atoms with Crippen LogP contribution < -0.4 is 15.4 Å². The molecular weight excluding hydrogens is 684 g/mol. The molecule has 2 aliphatic heterocycles. The number of carbonyl (C=O) groups excluding carboxylic acids is 1. The molecule has 1 amide bonds. The number of hydrogen-bond donors (Lipinski definition) is 1. The van der Waals surface area contributed by atoms with E-state index >= 15 is 8.78 Å². The third-order valence-electron chi connectivity index (χ3n) is 7.54. The van der Waals surface area contributed by atoms with Crippen LogP contribution in [0.3, 0.4) is 0 Å². The highest BCUT2D eigenvalue weighted by Crippen LogP contribution is 2.45. The van der Waals surface area contributed by atoms with Gasteiger partial charge in [0.2, 0.25) is 5.88 Å². The highest BCUT2D eigenvalue weighted by Gasteiger charge is 2.46. The van der Waals surface area contributed by atoms with E-state index in [4.69, 9.17) is 20.2 Å². The van der Waals surface area contributed by atoms with Gasteiger partial charge in [0.15, 0.2) is 22.6 Å². The van der Waals surface area contributed by atoms with Crippen molar-refractivity contribution in [3.63, 3.8) is 0 Å². The standard InChI is InChI=1S/C28H32F3IN6O3S/c1-8-13-23-12(3)40-25-15-22(18(31)21(34-25)14-17(30)20(33)16(29)11(2)19(14)32)35-26(42-7)36-24(15)38(23)10-9-37(13)27(39)41-28(4,5)6/h12-13,23H,8-10,33H2,1-7H3/t12-,13-,23+/m0/s1. The number of rotatable bonds is 3. The topological polar surface area (TPSA) is 107 Å². The zero-order valence-corrected chi connectivity index (χ0v) is 27.3. The Hall–Kier alpha value is -2.75. The van der Waals surface area contributed by atoms with Crippen LogP contribution in [-0.4, -0.2) is 69.1 Å². The number of nitrogens with zero attached hydrogens (tertiary/aromatic N) is 5. The molecule has 1 aromatic carbocycles. The number of benzene rings is 1. The predicted molar refractivity (Wildman–Crippen MR) is 165 cm³/mol. The number of thioether (sulfide) groups is 1. The number of aromatic nitrogens is 3. The Morgan fingerprint density at radius 1 is 1.17 bits per heavy atom. The Kier molecular flexibility index (Phi) is 8.09. The van der Waals surface area contributed by atoms with Crippen molar-refractivity contribution in [2.24, 2.45) is 0 Å². The van der Waals surface area contributed by atoms with E-state index < -0.39 is 47.0 Å². The SMILES string of the molecule is CC[C@H]1[C@H]2[C@H](C)Oc3nc(-c4c(F)c(N)c(F)c(C)c4I)c(F)c4nc(SC)nc(c34)N2CCN1C(=O)OC(C)(C)C. The van der Waals surface area contributed by atoms with Gasteiger partial charge < -0.3 is 25.0 Å². The maximum absolute atomic E-state index is 16.4. The molecule has 0 saturated carbocycles. The number of nitrogens with two attached hydrogens (primary N) is 1. The Labute approximate surface area is 259 Å². The summed E-state index contributed by atoms with van der Waals surface area (Å²) in [7, 11) is 0. The Morgan fingerprint density at radius 3 is 2.48 bits per heavy atom. The molecule has 2 aromatic heterocycles. The molecule has 14 heteroatoms. The molecular formula is C28H32F3IN6O3S. The molecule has 0 bridgehead atoms. The minimum atomic E-state index is -1.11. The van der Waals surface area contributed by atoms with Gasteiger partial charge in [0.25, 0.3) is 0 Å². The second-order valence-electron chi connectivity index (χ2n) is 11.3. The summed E-state index contributed by atoms with van der Waals surface area (Å²) in [5, 5.41) is 0.534. The van der Waals surface area contributed by atoms with E-state index in [-0.39, 0.29) is 43.2 Å². The van der Waals surface area contributed by atoms with Gasteiger partial charge in [-0.15, -0.1) is 0 Å². The van der Waals surface area contributed by atoms with Crippen molar-refractivity contribution < 1.29 is 27.4 Å². The molecule has 1 saturated heterocycles. The van der Waals surface area contributed by atoms with Gasteiger partial charge in [-0.3, -0.25) is 0 Å². The molecule has 2 N–H and O–H groups in total. The van der Waals surface area contributed by atoms with E-state index in [0.29, 0.717) is 30.5 Å². The number of anilines is 2. The maximum Gasteiger partial charge on any atom is 0.410 e. The van der Waals surface area contributed by atoms with Gasteiger partial charge in [0, 0.05) is 22.2 Å². The average Bonchev–Trinajstić information content (AvgIpc) is 3.06. The van der Waals surface area contributed by atoms with Gasteiger partial charge in [0.05, 0.1) is 17.6 Å². The van der Waals surface area contributed by atoms with Crippen LogP contribution in [0.15, 0.2) is 5.16 Å². The zero-order chi connectivity index (χ0) is 30.8. The lowest BCUT2D eigenvalue weighted by molar-refractivity contribution is 0.000929. The molecule has 0 spiro atoms. The molecule has 4 heterocycles. The van der Waals surface area contributed by atoms with Crippen LogP contribution in [0.2, 0.25) is 0 Å². The van der Waals surface area contributed by atoms with Gasteiger partial charge >= 0.3 is 6.09 Å². The number of piperazine rings is 1. The van der Waals surface area contributed by atoms with E-state index in [1.54, 1.807) is 33.7 Å². The number of nitrogen functional groups attached to an aromatic ring is 1. The van der Waals surface area contributed by atoms with E-state index in [0.717, 1.165) is 0 Å². The molecule has 0 unspecified atom stereocenters. The summed E-state index contributed by atoms with van der Waals surface area (Å²) in [6.45, 7) is 11.4. The van der Waals surface area contributed by atoms with E-state index in [1.807, 2.05) is 39.5 Å². The maximum atomic E-state index is 16.4. The van der Waals surface area contributed by atoms with Gasteiger partial charge in [-0.1, -0.05) is 18.7 Å². The third-order valence-corrected chi connectivity index (χ3v) is 9.43. The first-order valence-electron chi connectivity index (χ1n) is 13.5. The summed E-state index contributed by atoms with van der Waals surface area (Å²) in [5.41, 5.74) is 3.64. The molecule has 5 rings (SSSR count). The summed E-state index contributed by atoms with van der Waals surface area (Å²) < 4.78 is 58.7. The number of ether oxygens (including phenoxy) is 2. The molecule has 3 atom stereocenters. The van der Waals surface area contributed by atoms with Crippen molar-refractivity contribution >= 4 is 62.9 Å². The Morgan fingerprint density at radius 2 is 1.86 bits per heavy atom. The summed E-state index contributed by atoms with van der Waals surface area (Å²) in [6, 6.07) is -0.728. The first-order valence-corrected chi connectivity index (χ1v) is 15.8. The number of hydrogen-bond acceptors (Lipinski definition) is 9. The third kappa shape index (κ3) is 4.97. The minimum Gasteiger partial charge on any atom is -0.472 e. The van der Waals surface area contributed by atoms with Crippen LogP contribution in [0.25, 0.3) is 22.2 Å². The van der Waals surface area contributed by atoms with E-state index in [9.17, 15) is 9.18 Å². The van der Waals surface area contributed by atoms with Gasteiger partial charge in [0.1, 0.15) is 39.8 Å². The first-order chi connectivity index (χ1) is 19.7. The molecule has 1 fully saturated rings. The molecule has 0 aliphatic carbocycles. The lowest BCUT2D eigenvalue weighted by Crippen LogP contribution is -2.65. The molecule has 9 nitrogen and oxygen atoms in total. The number of halogens is 4. The van der Waals surface area contributed by atoms with Crippen LogP contribution in [0.1, 0.15) is 46.6 Å². The number of amides is 1. The smallest absolute Gasteiger partial charge is 0.410 e. The fraction of sp³-hybridized carbons (Fsp3) is 0.500. The van der Waals surface area contributed by atoms with Crippen LogP contribution in [0.4, 0.5) is 29.5 Å². The normalized spacial score (nSPS) is 20.3. The zero-order valence-electron chi connectivity index (χ0n) is 24.3. The number of carbonyl (C=O) groups is 1. The quantitative estimate of drug-likeness (QED) is 0.145. The minimum absolute atomic E-state index is 0.0142. The van der Waals surface area contributed by atoms with Gasteiger partial charge in [-0.2, -0.15) is 0 Å². The van der Waals surface area contributed by atoms with Gasteiger partial charge in [-0.05, 0) is 69.9 Å². The molecule has 226 valence electrons. The van der Waals surface area contributed by atoms with Crippen LogP contribution in [0.5, 0.6) is 5.88 Å². The van der Waals surface area contributed by atoms with E-state index in [2.05, 4.69) is 9.97 Å². The van der Waals surface area contributed by atoms with Gasteiger partial charge in [-0.25, -0.2) is 32.9 Å². The van der Waals surface area contributed by atoms with Crippen molar-refractivity contribution in [2.45, 2.75) is 76.9 Å². The summed E-state index contributed by atoms with van der Waals surface area (Å²) in [6.07, 6.45) is 1.36.